The Labute approximate surface area is 98.8 Å². The second-order valence-electron chi connectivity index (χ2n) is 5.22. The Morgan fingerprint density at radius 2 is 2.25 bits per heavy atom. The molecule has 0 bridgehead atoms. The van der Waals surface area contributed by atoms with E-state index in [1.54, 1.807) is 0 Å². The van der Waals surface area contributed by atoms with Gasteiger partial charge in [-0.1, -0.05) is 6.92 Å². The van der Waals surface area contributed by atoms with Gasteiger partial charge in [0.25, 0.3) is 0 Å². The molecule has 0 radical (unpaired) electrons. The Bertz CT molecular complexity index is 230. The van der Waals surface area contributed by atoms with Crippen LogP contribution in [0, 0.1) is 5.92 Å². The minimum absolute atomic E-state index is 0.00152. The van der Waals surface area contributed by atoms with E-state index in [1.165, 1.54) is 6.42 Å². The highest BCUT2D eigenvalue weighted by Crippen LogP contribution is 2.15. The third-order valence-electron chi connectivity index (χ3n) is 3.08. The van der Waals surface area contributed by atoms with Gasteiger partial charge in [-0.2, -0.15) is 0 Å². The third-order valence-corrected chi connectivity index (χ3v) is 3.08. The molecule has 4 nitrogen and oxygen atoms in total. The van der Waals surface area contributed by atoms with Gasteiger partial charge < -0.3 is 15.5 Å². The molecule has 1 aliphatic heterocycles. The van der Waals surface area contributed by atoms with Crippen molar-refractivity contribution in [3.05, 3.63) is 0 Å². The zero-order valence-corrected chi connectivity index (χ0v) is 10.9. The molecule has 0 spiro atoms. The van der Waals surface area contributed by atoms with E-state index in [4.69, 9.17) is 0 Å². The molecule has 0 aromatic heterocycles. The highest BCUT2D eigenvalue weighted by atomic mass is 16.2. The molecule has 1 aliphatic rings. The summed E-state index contributed by atoms with van der Waals surface area (Å²) in [6.07, 6.45) is 2.32. The summed E-state index contributed by atoms with van der Waals surface area (Å²) in [7, 11) is 4.04. The van der Waals surface area contributed by atoms with Crippen LogP contribution in [-0.4, -0.2) is 50.1 Å². The van der Waals surface area contributed by atoms with Crippen LogP contribution in [0.25, 0.3) is 0 Å². The summed E-state index contributed by atoms with van der Waals surface area (Å²) in [6, 6.07) is 0.205. The molecule has 0 saturated carbocycles. The quantitative estimate of drug-likeness (QED) is 0.732. The molecule has 4 heteroatoms. The van der Waals surface area contributed by atoms with Gasteiger partial charge in [0.05, 0.1) is 6.04 Å². The van der Waals surface area contributed by atoms with Gasteiger partial charge in [-0.3, -0.25) is 4.79 Å². The van der Waals surface area contributed by atoms with Crippen LogP contribution in [0.15, 0.2) is 0 Å². The molecule has 1 rings (SSSR count). The van der Waals surface area contributed by atoms with Gasteiger partial charge in [0.1, 0.15) is 0 Å². The smallest absolute Gasteiger partial charge is 0.237 e. The number of hydrogen-bond donors (Lipinski definition) is 2. The first-order chi connectivity index (χ1) is 7.50. The monoisotopic (exact) mass is 227 g/mol. The lowest BCUT2D eigenvalue weighted by molar-refractivity contribution is -0.125. The normalized spacial score (nSPS) is 27.8. The molecule has 3 unspecified atom stereocenters. The standard InChI is InChI=1S/C12H25N3O/c1-9-6-5-7-13-11(9)12(16)14-10(2)8-15(3)4/h9-11,13H,5-8H2,1-4H3,(H,14,16). The number of nitrogens with zero attached hydrogens (tertiary/aromatic N) is 1. The summed E-state index contributed by atoms with van der Waals surface area (Å²) in [4.78, 5) is 14.1. The van der Waals surface area contributed by atoms with Gasteiger partial charge in [0.15, 0.2) is 0 Å². The summed E-state index contributed by atoms with van der Waals surface area (Å²) in [5.41, 5.74) is 0. The van der Waals surface area contributed by atoms with Crippen LogP contribution in [0.1, 0.15) is 26.7 Å². The van der Waals surface area contributed by atoms with Crippen LogP contribution < -0.4 is 10.6 Å². The summed E-state index contributed by atoms with van der Waals surface area (Å²) in [6.45, 7) is 6.04. The number of nitrogens with one attached hydrogen (secondary N) is 2. The molecular weight excluding hydrogens is 202 g/mol. The average Bonchev–Trinajstić information content (AvgIpc) is 2.16. The fourth-order valence-corrected chi connectivity index (χ4v) is 2.33. The van der Waals surface area contributed by atoms with Crippen molar-refractivity contribution in [2.24, 2.45) is 5.92 Å². The zero-order valence-electron chi connectivity index (χ0n) is 10.9. The van der Waals surface area contributed by atoms with Crippen molar-refractivity contribution in [2.75, 3.05) is 27.2 Å². The van der Waals surface area contributed by atoms with Gasteiger partial charge in [-0.25, -0.2) is 0 Å². The SMILES string of the molecule is CC(CN(C)C)NC(=O)C1NCCCC1C. The molecule has 0 aromatic carbocycles. The van der Waals surface area contributed by atoms with E-state index in [-0.39, 0.29) is 18.0 Å². The van der Waals surface area contributed by atoms with Crippen LogP contribution >= 0.6 is 0 Å². The van der Waals surface area contributed by atoms with Crippen LogP contribution in [0.2, 0.25) is 0 Å². The van der Waals surface area contributed by atoms with E-state index < -0.39 is 0 Å². The van der Waals surface area contributed by atoms with E-state index in [1.807, 2.05) is 21.0 Å². The Morgan fingerprint density at radius 1 is 1.56 bits per heavy atom. The Morgan fingerprint density at radius 3 is 2.81 bits per heavy atom. The van der Waals surface area contributed by atoms with Crippen molar-refractivity contribution in [2.45, 2.75) is 38.8 Å². The maximum atomic E-state index is 12.0. The van der Waals surface area contributed by atoms with Crippen molar-refractivity contribution >= 4 is 5.91 Å². The van der Waals surface area contributed by atoms with E-state index >= 15 is 0 Å². The maximum absolute atomic E-state index is 12.0. The molecule has 94 valence electrons. The van der Waals surface area contributed by atoms with E-state index in [2.05, 4.69) is 22.5 Å². The summed E-state index contributed by atoms with van der Waals surface area (Å²) in [5, 5.41) is 6.37. The maximum Gasteiger partial charge on any atom is 0.237 e. The van der Waals surface area contributed by atoms with Crippen molar-refractivity contribution in [3.8, 4) is 0 Å². The first kappa shape index (κ1) is 13.5. The average molecular weight is 227 g/mol. The molecule has 3 atom stereocenters. The van der Waals surface area contributed by atoms with Crippen molar-refractivity contribution < 1.29 is 4.79 Å². The third kappa shape index (κ3) is 4.10. The van der Waals surface area contributed by atoms with Crippen LogP contribution in [-0.2, 0) is 4.79 Å². The van der Waals surface area contributed by atoms with Gasteiger partial charge in [-0.05, 0) is 46.3 Å². The van der Waals surface area contributed by atoms with Crippen LogP contribution in [0.3, 0.4) is 0 Å². The number of likely N-dealkylation sites (N-methyl/N-ethyl adjacent to an activating group) is 1. The lowest BCUT2D eigenvalue weighted by atomic mass is 9.92. The molecular formula is C12H25N3O. The van der Waals surface area contributed by atoms with Gasteiger partial charge in [-0.15, -0.1) is 0 Å². The summed E-state index contributed by atoms with van der Waals surface area (Å²) in [5.74, 6) is 0.599. The Kier molecular flexibility index (Phi) is 5.22. The number of hydrogen-bond acceptors (Lipinski definition) is 3. The Balaban J connectivity index is 2.38. The highest BCUT2D eigenvalue weighted by molar-refractivity contribution is 5.82. The lowest BCUT2D eigenvalue weighted by Crippen LogP contribution is -2.53. The number of amides is 1. The summed E-state index contributed by atoms with van der Waals surface area (Å²) < 4.78 is 0. The van der Waals surface area contributed by atoms with Crippen molar-refractivity contribution in [3.63, 3.8) is 0 Å². The first-order valence-corrected chi connectivity index (χ1v) is 6.19. The lowest BCUT2D eigenvalue weighted by Gasteiger charge is -2.30. The highest BCUT2D eigenvalue weighted by Gasteiger charge is 2.27. The molecule has 16 heavy (non-hydrogen) atoms. The minimum Gasteiger partial charge on any atom is -0.351 e. The minimum atomic E-state index is -0.00152. The first-order valence-electron chi connectivity index (χ1n) is 6.19. The van der Waals surface area contributed by atoms with Gasteiger partial charge >= 0.3 is 0 Å². The zero-order chi connectivity index (χ0) is 12.1. The second-order valence-corrected chi connectivity index (χ2v) is 5.22. The number of rotatable bonds is 4. The fourth-order valence-electron chi connectivity index (χ4n) is 2.33. The van der Waals surface area contributed by atoms with Crippen molar-refractivity contribution in [1.29, 1.82) is 0 Å². The fraction of sp³-hybridized carbons (Fsp3) is 0.917. The van der Waals surface area contributed by atoms with E-state index in [0.29, 0.717) is 5.92 Å². The largest absolute Gasteiger partial charge is 0.351 e. The molecule has 1 saturated heterocycles. The second kappa shape index (κ2) is 6.21. The van der Waals surface area contributed by atoms with Crippen LogP contribution in [0.4, 0.5) is 0 Å². The number of carbonyl (C=O) groups is 1. The molecule has 2 N–H and O–H groups in total. The molecule has 1 amide bonds. The van der Waals surface area contributed by atoms with E-state index in [9.17, 15) is 4.79 Å². The Hall–Kier alpha value is -0.610. The molecule has 0 aliphatic carbocycles. The predicted octanol–water partition coefficient (Wildman–Crippen LogP) is 0.441. The molecule has 0 aromatic rings. The topological polar surface area (TPSA) is 44.4 Å². The predicted molar refractivity (Wildman–Crippen MR) is 66.3 cm³/mol. The summed E-state index contributed by atoms with van der Waals surface area (Å²) >= 11 is 0. The van der Waals surface area contributed by atoms with Gasteiger partial charge in [0, 0.05) is 12.6 Å². The van der Waals surface area contributed by atoms with Crippen LogP contribution in [0.5, 0.6) is 0 Å². The molecule has 1 heterocycles. The number of carbonyl (C=O) groups excluding carboxylic acids is 1. The molecule has 1 fully saturated rings. The number of piperidine rings is 1. The van der Waals surface area contributed by atoms with Crippen molar-refractivity contribution in [1.82, 2.24) is 15.5 Å². The van der Waals surface area contributed by atoms with Gasteiger partial charge in [0.2, 0.25) is 5.91 Å². The van der Waals surface area contributed by atoms with E-state index in [0.717, 1.165) is 19.5 Å².